The van der Waals surface area contributed by atoms with Crippen molar-refractivity contribution in [1.29, 1.82) is 0 Å². The Labute approximate surface area is 180 Å². The van der Waals surface area contributed by atoms with Crippen molar-refractivity contribution in [2.75, 3.05) is 5.32 Å². The standard InChI is InChI=1S/C22H13Cl2FN4O/c23-16-6-3-5-15(18(16)24)21-26-17-7-2-1-4-14(17)20-27-22(30)19(28-29(20)21)12-8-10-13(25)11-9-12/h1-11,21,26H/t21-/m0/s1. The molecule has 30 heavy (non-hydrogen) atoms. The van der Waals surface area contributed by atoms with Gasteiger partial charge in [-0.25, -0.2) is 9.07 Å². The van der Waals surface area contributed by atoms with E-state index in [0.29, 0.717) is 27.0 Å². The van der Waals surface area contributed by atoms with E-state index in [2.05, 4.69) is 15.4 Å². The van der Waals surface area contributed by atoms with Crippen LogP contribution in [0, 0.1) is 5.82 Å². The number of anilines is 1. The first-order valence-electron chi connectivity index (χ1n) is 9.09. The summed E-state index contributed by atoms with van der Waals surface area (Å²) >= 11 is 12.7. The molecular formula is C22H13Cl2FN4O. The zero-order valence-corrected chi connectivity index (χ0v) is 16.8. The molecule has 0 spiro atoms. The van der Waals surface area contributed by atoms with E-state index in [1.807, 2.05) is 30.3 Å². The predicted molar refractivity (Wildman–Crippen MR) is 115 cm³/mol. The molecule has 4 aromatic rings. The van der Waals surface area contributed by atoms with Gasteiger partial charge in [-0.2, -0.15) is 10.1 Å². The molecule has 3 aromatic carbocycles. The zero-order chi connectivity index (χ0) is 20.8. The monoisotopic (exact) mass is 438 g/mol. The van der Waals surface area contributed by atoms with Crippen LogP contribution in [0.2, 0.25) is 10.0 Å². The van der Waals surface area contributed by atoms with Crippen molar-refractivity contribution < 1.29 is 4.39 Å². The van der Waals surface area contributed by atoms with Crippen molar-refractivity contribution in [3.05, 3.63) is 98.5 Å². The third-order valence-electron chi connectivity index (χ3n) is 4.93. The normalized spacial score (nSPS) is 14.6. The third kappa shape index (κ3) is 3.05. The highest BCUT2D eigenvalue weighted by molar-refractivity contribution is 6.42. The number of benzene rings is 3. The molecule has 5 nitrogen and oxygen atoms in total. The molecule has 8 heteroatoms. The van der Waals surface area contributed by atoms with Crippen molar-refractivity contribution in [2.24, 2.45) is 0 Å². The van der Waals surface area contributed by atoms with Crippen molar-refractivity contribution >= 4 is 28.9 Å². The van der Waals surface area contributed by atoms with Gasteiger partial charge in [0.05, 0.1) is 10.0 Å². The van der Waals surface area contributed by atoms with Crippen LogP contribution >= 0.6 is 23.2 Å². The summed E-state index contributed by atoms with van der Waals surface area (Å²) < 4.78 is 15.0. The lowest BCUT2D eigenvalue weighted by Crippen LogP contribution is -2.32. The molecule has 148 valence electrons. The van der Waals surface area contributed by atoms with E-state index in [1.165, 1.54) is 24.3 Å². The summed E-state index contributed by atoms with van der Waals surface area (Å²) in [5, 5.41) is 8.78. The van der Waals surface area contributed by atoms with Crippen LogP contribution in [0.4, 0.5) is 10.1 Å². The fourth-order valence-electron chi connectivity index (χ4n) is 3.50. The highest BCUT2D eigenvalue weighted by Crippen LogP contribution is 2.39. The molecule has 0 fully saturated rings. The van der Waals surface area contributed by atoms with Gasteiger partial charge in [0.1, 0.15) is 5.82 Å². The number of para-hydroxylation sites is 1. The number of halogens is 3. The zero-order valence-electron chi connectivity index (χ0n) is 15.3. The number of aromatic nitrogens is 3. The van der Waals surface area contributed by atoms with Crippen LogP contribution in [0.3, 0.4) is 0 Å². The molecule has 5 rings (SSSR count). The Kier molecular flexibility index (Phi) is 4.53. The second-order valence-corrected chi connectivity index (χ2v) is 7.56. The molecule has 0 unspecified atom stereocenters. The molecule has 1 aliphatic rings. The van der Waals surface area contributed by atoms with Crippen molar-refractivity contribution in [3.8, 4) is 22.6 Å². The van der Waals surface area contributed by atoms with Crippen LogP contribution in [0.5, 0.6) is 0 Å². The first-order chi connectivity index (χ1) is 14.5. The van der Waals surface area contributed by atoms with E-state index in [9.17, 15) is 9.18 Å². The molecule has 1 N–H and O–H groups in total. The minimum absolute atomic E-state index is 0.114. The molecule has 0 saturated heterocycles. The first-order valence-corrected chi connectivity index (χ1v) is 9.85. The van der Waals surface area contributed by atoms with Gasteiger partial charge in [-0.05, 0) is 42.5 Å². The summed E-state index contributed by atoms with van der Waals surface area (Å²) in [7, 11) is 0. The van der Waals surface area contributed by atoms with Gasteiger partial charge in [-0.3, -0.25) is 4.79 Å². The number of hydrogen-bond donors (Lipinski definition) is 1. The summed E-state index contributed by atoms with van der Waals surface area (Å²) in [4.78, 5) is 17.1. The fraction of sp³-hybridized carbons (Fsp3) is 0.0455. The highest BCUT2D eigenvalue weighted by atomic mass is 35.5. The fourth-order valence-corrected chi connectivity index (χ4v) is 3.92. The summed E-state index contributed by atoms with van der Waals surface area (Å²) in [6.07, 6.45) is -0.548. The predicted octanol–water partition coefficient (Wildman–Crippen LogP) is 5.39. The van der Waals surface area contributed by atoms with Gasteiger partial charge in [0.15, 0.2) is 17.7 Å². The second kappa shape index (κ2) is 7.23. The molecule has 1 atom stereocenters. The minimum Gasteiger partial charge on any atom is -0.359 e. The van der Waals surface area contributed by atoms with E-state index in [0.717, 1.165) is 11.3 Å². The summed E-state index contributed by atoms with van der Waals surface area (Å²) in [6.45, 7) is 0. The van der Waals surface area contributed by atoms with Crippen LogP contribution in [0.25, 0.3) is 22.6 Å². The van der Waals surface area contributed by atoms with E-state index >= 15 is 0 Å². The summed E-state index contributed by atoms with van der Waals surface area (Å²) in [6, 6.07) is 18.4. The third-order valence-corrected chi connectivity index (χ3v) is 5.77. The van der Waals surface area contributed by atoms with E-state index in [1.54, 1.807) is 16.8 Å². The van der Waals surface area contributed by atoms with Crippen LogP contribution in [0.15, 0.2) is 71.5 Å². The molecule has 1 aromatic heterocycles. The summed E-state index contributed by atoms with van der Waals surface area (Å²) in [5.74, 6) is 0.00482. The SMILES string of the molecule is O=c1nc2n(nc1-c1ccc(F)cc1)[C@@H](c1cccc(Cl)c1Cl)Nc1ccccc1-2. The molecule has 0 bridgehead atoms. The van der Waals surface area contributed by atoms with E-state index in [4.69, 9.17) is 23.2 Å². The van der Waals surface area contributed by atoms with Gasteiger partial charge >= 0.3 is 0 Å². The topological polar surface area (TPSA) is 59.8 Å². The van der Waals surface area contributed by atoms with Gasteiger partial charge in [-0.15, -0.1) is 0 Å². The first kappa shape index (κ1) is 18.8. The lowest BCUT2D eigenvalue weighted by molar-refractivity contribution is 0.550. The second-order valence-electron chi connectivity index (χ2n) is 6.78. The number of nitrogens with zero attached hydrogens (tertiary/aromatic N) is 3. The van der Waals surface area contributed by atoms with E-state index in [-0.39, 0.29) is 5.69 Å². The largest absolute Gasteiger partial charge is 0.359 e. The molecule has 1 aliphatic heterocycles. The van der Waals surface area contributed by atoms with Crippen LogP contribution in [0.1, 0.15) is 11.7 Å². The van der Waals surface area contributed by atoms with Gasteiger partial charge in [-0.1, -0.05) is 47.5 Å². The smallest absolute Gasteiger partial charge is 0.300 e. The molecule has 0 aliphatic carbocycles. The molecule has 0 radical (unpaired) electrons. The van der Waals surface area contributed by atoms with Gasteiger partial charge in [0.25, 0.3) is 5.56 Å². The van der Waals surface area contributed by atoms with Crippen molar-refractivity contribution in [3.63, 3.8) is 0 Å². The minimum atomic E-state index is -0.548. The number of fused-ring (bicyclic) bond motifs is 3. The Bertz CT molecular complexity index is 1340. The van der Waals surface area contributed by atoms with Gasteiger partial charge < -0.3 is 5.32 Å². The number of nitrogens with one attached hydrogen (secondary N) is 1. The number of hydrogen-bond acceptors (Lipinski definition) is 4. The average Bonchev–Trinajstić information content (AvgIpc) is 2.75. The quantitative estimate of drug-likeness (QED) is 0.455. The molecular weight excluding hydrogens is 426 g/mol. The van der Waals surface area contributed by atoms with Crippen LogP contribution in [-0.4, -0.2) is 14.8 Å². The van der Waals surface area contributed by atoms with E-state index < -0.39 is 17.5 Å². The van der Waals surface area contributed by atoms with Gasteiger partial charge in [0, 0.05) is 22.4 Å². The molecule has 0 amide bonds. The Morgan fingerprint density at radius 1 is 0.967 bits per heavy atom. The Morgan fingerprint density at radius 2 is 1.73 bits per heavy atom. The van der Waals surface area contributed by atoms with Crippen LogP contribution < -0.4 is 10.9 Å². The Hall–Kier alpha value is -3.22. The maximum absolute atomic E-state index is 13.4. The Balaban J connectivity index is 1.78. The average molecular weight is 439 g/mol. The Morgan fingerprint density at radius 3 is 2.53 bits per heavy atom. The highest BCUT2D eigenvalue weighted by Gasteiger charge is 2.29. The maximum atomic E-state index is 13.4. The van der Waals surface area contributed by atoms with Crippen molar-refractivity contribution in [1.82, 2.24) is 14.8 Å². The maximum Gasteiger partial charge on any atom is 0.300 e. The summed E-state index contributed by atoms with van der Waals surface area (Å²) in [5.41, 5.74) is 2.30. The van der Waals surface area contributed by atoms with Crippen molar-refractivity contribution in [2.45, 2.75) is 6.17 Å². The molecule has 2 heterocycles. The van der Waals surface area contributed by atoms with Crippen LogP contribution in [-0.2, 0) is 0 Å². The van der Waals surface area contributed by atoms with Gasteiger partial charge in [0.2, 0.25) is 0 Å². The lowest BCUT2D eigenvalue weighted by atomic mass is 10.1. The lowest BCUT2D eigenvalue weighted by Gasteiger charge is -2.31. The number of rotatable bonds is 2. The molecule has 0 saturated carbocycles.